The molecule has 3 atom stereocenters. The number of nitrogens with zero attached hydrogens (tertiary/aromatic N) is 1. The number of amides is 5. The molecule has 1 aliphatic carbocycles. The van der Waals surface area contributed by atoms with Gasteiger partial charge in [-0.05, 0) is 61.3 Å². The van der Waals surface area contributed by atoms with E-state index in [1.165, 1.54) is 0 Å². The zero-order chi connectivity index (χ0) is 32.9. The Labute approximate surface area is 265 Å². The van der Waals surface area contributed by atoms with E-state index in [-0.39, 0.29) is 24.3 Å². The van der Waals surface area contributed by atoms with Crippen molar-refractivity contribution < 1.29 is 28.8 Å². The fourth-order valence-corrected chi connectivity index (χ4v) is 6.09. The predicted molar refractivity (Wildman–Crippen MR) is 169 cm³/mol. The van der Waals surface area contributed by atoms with Crippen LogP contribution in [0.25, 0.3) is 0 Å². The second kappa shape index (κ2) is 17.6. The Balaban J connectivity index is 1.66. The van der Waals surface area contributed by atoms with E-state index in [4.69, 9.17) is 11.5 Å². The number of carbonyl (C=O) groups excluding carboxylic acids is 6. The van der Waals surface area contributed by atoms with Crippen LogP contribution in [0.3, 0.4) is 0 Å². The normalized spacial score (nSPS) is 17.9. The molecule has 248 valence electrons. The van der Waals surface area contributed by atoms with Crippen LogP contribution >= 0.6 is 0 Å². The van der Waals surface area contributed by atoms with Gasteiger partial charge in [-0.1, -0.05) is 64.5 Å². The van der Waals surface area contributed by atoms with Crippen LogP contribution in [0, 0.1) is 17.8 Å². The molecule has 2 fully saturated rings. The van der Waals surface area contributed by atoms with E-state index < -0.39 is 47.9 Å². The van der Waals surface area contributed by atoms with Gasteiger partial charge in [0.05, 0.1) is 6.42 Å². The molecule has 45 heavy (non-hydrogen) atoms. The van der Waals surface area contributed by atoms with Crippen molar-refractivity contribution in [3.05, 3.63) is 35.4 Å². The number of piperidine rings is 1. The number of rotatable bonds is 15. The summed E-state index contributed by atoms with van der Waals surface area (Å²) >= 11 is 0. The molecule has 0 unspecified atom stereocenters. The maximum Gasteiger partial charge on any atom is 0.288 e. The molecule has 0 aromatic heterocycles. The van der Waals surface area contributed by atoms with Crippen LogP contribution in [0.2, 0.25) is 0 Å². The minimum atomic E-state index is -1.05. The minimum absolute atomic E-state index is 0.0521. The number of hydrogen-bond acceptors (Lipinski definition) is 7. The van der Waals surface area contributed by atoms with Crippen molar-refractivity contribution in [2.24, 2.45) is 29.2 Å². The van der Waals surface area contributed by atoms with Crippen molar-refractivity contribution in [2.45, 2.75) is 96.7 Å². The van der Waals surface area contributed by atoms with Crippen molar-refractivity contribution >= 4 is 35.3 Å². The molecule has 12 nitrogen and oxygen atoms in total. The molecule has 0 bridgehead atoms. The van der Waals surface area contributed by atoms with Gasteiger partial charge in [-0.3, -0.25) is 28.8 Å². The van der Waals surface area contributed by atoms with Crippen LogP contribution in [0.5, 0.6) is 0 Å². The second-order valence-electron chi connectivity index (χ2n) is 12.6. The highest BCUT2D eigenvalue weighted by Gasteiger charge is 2.33. The number of likely N-dealkylation sites (tertiary alicyclic amines) is 1. The average molecular weight is 627 g/mol. The molecule has 1 saturated carbocycles. The van der Waals surface area contributed by atoms with Gasteiger partial charge in [-0.2, -0.15) is 0 Å². The number of nitrogens with two attached hydrogens (primary N) is 2. The number of primary amides is 1. The maximum atomic E-state index is 13.6. The van der Waals surface area contributed by atoms with Gasteiger partial charge < -0.3 is 32.3 Å². The van der Waals surface area contributed by atoms with E-state index in [9.17, 15) is 28.8 Å². The summed E-state index contributed by atoms with van der Waals surface area (Å²) in [5.74, 6) is -3.62. The SMILES string of the molecule is CC[C@H](C)[C@H](NC(=O)[C@H](CC1CCCCC1)NC(=O)C(=O)CC(N)=O)C(=O)NCc1cccc(C(=O)N2CCC(CN)CC2)c1. The van der Waals surface area contributed by atoms with Crippen molar-refractivity contribution in [3.8, 4) is 0 Å². The fourth-order valence-electron chi connectivity index (χ4n) is 6.09. The Bertz CT molecular complexity index is 1210. The van der Waals surface area contributed by atoms with Crippen molar-refractivity contribution in [2.75, 3.05) is 19.6 Å². The van der Waals surface area contributed by atoms with E-state index >= 15 is 0 Å². The summed E-state index contributed by atoms with van der Waals surface area (Å²) in [5.41, 5.74) is 12.1. The monoisotopic (exact) mass is 626 g/mol. The van der Waals surface area contributed by atoms with Gasteiger partial charge in [-0.15, -0.1) is 0 Å². The molecule has 1 heterocycles. The minimum Gasteiger partial charge on any atom is -0.369 e. The van der Waals surface area contributed by atoms with Crippen LogP contribution in [0.4, 0.5) is 0 Å². The summed E-state index contributed by atoms with van der Waals surface area (Å²) in [7, 11) is 0. The number of ketones is 1. The van der Waals surface area contributed by atoms with E-state index in [1.807, 2.05) is 24.8 Å². The van der Waals surface area contributed by atoms with Crippen LogP contribution in [-0.2, 0) is 30.5 Å². The Morgan fingerprint density at radius 1 is 0.933 bits per heavy atom. The quantitative estimate of drug-likeness (QED) is 0.144. The molecule has 3 rings (SSSR count). The van der Waals surface area contributed by atoms with Crippen molar-refractivity contribution in [1.82, 2.24) is 20.9 Å². The van der Waals surface area contributed by atoms with Crippen LogP contribution in [0.1, 0.15) is 94.0 Å². The van der Waals surface area contributed by atoms with Crippen molar-refractivity contribution in [3.63, 3.8) is 0 Å². The molecule has 0 spiro atoms. The lowest BCUT2D eigenvalue weighted by Crippen LogP contribution is -2.56. The van der Waals surface area contributed by atoms with E-state index in [0.717, 1.165) is 50.5 Å². The first-order valence-corrected chi connectivity index (χ1v) is 16.3. The Morgan fingerprint density at radius 2 is 1.62 bits per heavy atom. The van der Waals surface area contributed by atoms with E-state index in [0.29, 0.717) is 44.0 Å². The lowest BCUT2D eigenvalue weighted by molar-refractivity contribution is -0.141. The standard InChI is InChI=1S/C33H50N6O6/c1-3-21(2)29(38-30(42)26(17-22-8-5-4-6-9-22)37-31(43)27(40)18-28(35)41)32(44)36-20-24-10-7-11-25(16-24)33(45)39-14-12-23(19-34)13-15-39/h7,10-11,16,21-23,26,29H,3-6,8-9,12-15,17-20,34H2,1-2H3,(H2,35,41)(H,36,44)(H,37,43)(H,38,42)/t21-,26-,29-/m0/s1. The number of carbonyl (C=O) groups is 6. The van der Waals surface area contributed by atoms with E-state index in [2.05, 4.69) is 16.0 Å². The zero-order valence-corrected chi connectivity index (χ0v) is 26.6. The third kappa shape index (κ3) is 10.9. The van der Waals surface area contributed by atoms with E-state index in [1.54, 1.807) is 18.2 Å². The number of Topliss-reactive ketones (excluding diaryl/α,β-unsaturated/α-hetero) is 1. The highest BCUT2D eigenvalue weighted by Crippen LogP contribution is 2.27. The predicted octanol–water partition coefficient (Wildman–Crippen LogP) is 1.54. The summed E-state index contributed by atoms with van der Waals surface area (Å²) in [6.07, 6.45) is 6.89. The lowest BCUT2D eigenvalue weighted by Gasteiger charge is -2.31. The summed E-state index contributed by atoms with van der Waals surface area (Å²) in [4.78, 5) is 77.8. The number of nitrogens with one attached hydrogen (secondary N) is 3. The third-order valence-corrected chi connectivity index (χ3v) is 9.17. The molecule has 1 aliphatic heterocycles. The fraction of sp³-hybridized carbons (Fsp3) is 0.636. The highest BCUT2D eigenvalue weighted by molar-refractivity contribution is 6.39. The van der Waals surface area contributed by atoms with Gasteiger partial charge in [0.25, 0.3) is 11.8 Å². The molecular weight excluding hydrogens is 576 g/mol. The summed E-state index contributed by atoms with van der Waals surface area (Å²) < 4.78 is 0. The van der Waals surface area contributed by atoms with Gasteiger partial charge in [0.2, 0.25) is 23.5 Å². The van der Waals surface area contributed by atoms with Gasteiger partial charge in [0, 0.05) is 25.2 Å². The molecule has 1 aromatic carbocycles. The van der Waals surface area contributed by atoms with Crippen LogP contribution in [-0.4, -0.2) is 71.9 Å². The van der Waals surface area contributed by atoms with Gasteiger partial charge >= 0.3 is 0 Å². The highest BCUT2D eigenvalue weighted by atomic mass is 16.2. The lowest BCUT2D eigenvalue weighted by atomic mass is 9.84. The topological polar surface area (TPSA) is 194 Å². The molecule has 7 N–H and O–H groups in total. The third-order valence-electron chi connectivity index (χ3n) is 9.17. The Morgan fingerprint density at radius 3 is 2.24 bits per heavy atom. The average Bonchev–Trinajstić information content (AvgIpc) is 3.05. The molecule has 2 aliphatic rings. The molecular formula is C33H50N6O6. The summed E-state index contributed by atoms with van der Waals surface area (Å²) in [6, 6.07) is 5.20. The molecule has 1 saturated heterocycles. The number of benzene rings is 1. The molecule has 0 radical (unpaired) electrons. The molecule has 1 aromatic rings. The Hall–Kier alpha value is -3.80. The zero-order valence-electron chi connectivity index (χ0n) is 26.6. The number of hydrogen-bond donors (Lipinski definition) is 5. The second-order valence-corrected chi connectivity index (χ2v) is 12.6. The molecule has 12 heteroatoms. The largest absolute Gasteiger partial charge is 0.369 e. The first-order valence-electron chi connectivity index (χ1n) is 16.3. The first kappa shape index (κ1) is 35.7. The maximum absolute atomic E-state index is 13.6. The van der Waals surface area contributed by atoms with Crippen LogP contribution < -0.4 is 27.4 Å². The summed E-state index contributed by atoms with van der Waals surface area (Å²) in [6.45, 7) is 5.87. The smallest absolute Gasteiger partial charge is 0.288 e. The summed E-state index contributed by atoms with van der Waals surface area (Å²) in [5, 5.41) is 8.21. The van der Waals surface area contributed by atoms with Gasteiger partial charge in [0.15, 0.2) is 0 Å². The Kier molecular flexibility index (Phi) is 14.0. The first-order chi connectivity index (χ1) is 21.5. The van der Waals surface area contributed by atoms with Crippen molar-refractivity contribution in [1.29, 1.82) is 0 Å². The van der Waals surface area contributed by atoms with Gasteiger partial charge in [0.1, 0.15) is 12.1 Å². The molecule has 5 amide bonds. The van der Waals surface area contributed by atoms with Gasteiger partial charge in [-0.25, -0.2) is 0 Å². The van der Waals surface area contributed by atoms with Crippen LogP contribution in [0.15, 0.2) is 24.3 Å².